The molecular weight excluding hydrogens is 224 g/mol. The molecule has 0 bridgehead atoms. The Labute approximate surface area is 96.6 Å². The fourth-order valence-electron chi connectivity index (χ4n) is 1.10. The van der Waals surface area contributed by atoms with E-state index in [0.717, 1.165) is 5.69 Å². The van der Waals surface area contributed by atoms with Crippen molar-refractivity contribution in [2.45, 2.75) is 6.54 Å². The molecule has 2 aromatic rings. The lowest BCUT2D eigenvalue weighted by molar-refractivity contribution is 0.251. The second-order valence-electron chi connectivity index (χ2n) is 2.97. The molecule has 6 heteroatoms. The molecular formula is C10H10N4OS. The van der Waals surface area contributed by atoms with E-state index in [2.05, 4.69) is 20.6 Å². The van der Waals surface area contributed by atoms with Crippen LogP contribution in [0, 0.1) is 0 Å². The molecule has 0 saturated carbocycles. The maximum atomic E-state index is 11.4. The highest BCUT2D eigenvalue weighted by molar-refractivity contribution is 7.13. The number of urea groups is 1. The van der Waals surface area contributed by atoms with Crippen molar-refractivity contribution in [3.63, 3.8) is 0 Å². The minimum atomic E-state index is -0.277. The van der Waals surface area contributed by atoms with E-state index in [1.54, 1.807) is 17.8 Å². The van der Waals surface area contributed by atoms with Gasteiger partial charge in [-0.3, -0.25) is 10.3 Å². The van der Waals surface area contributed by atoms with Crippen molar-refractivity contribution >= 4 is 22.5 Å². The topological polar surface area (TPSA) is 66.9 Å². The third-order valence-corrected chi connectivity index (χ3v) is 2.50. The fraction of sp³-hybridized carbons (Fsp3) is 0.100. The SMILES string of the molecule is O=C(NCc1ccccn1)Nc1nccs1. The molecule has 0 atom stereocenters. The molecule has 5 nitrogen and oxygen atoms in total. The van der Waals surface area contributed by atoms with E-state index in [0.29, 0.717) is 11.7 Å². The molecule has 0 fully saturated rings. The Morgan fingerprint density at radius 2 is 2.25 bits per heavy atom. The van der Waals surface area contributed by atoms with Crippen LogP contribution >= 0.6 is 11.3 Å². The Bertz CT molecular complexity index is 443. The molecule has 0 unspecified atom stereocenters. The number of anilines is 1. The number of pyridine rings is 1. The number of rotatable bonds is 3. The number of hydrogen-bond donors (Lipinski definition) is 2. The first-order valence-electron chi connectivity index (χ1n) is 4.69. The van der Waals surface area contributed by atoms with Crippen molar-refractivity contribution in [2.75, 3.05) is 5.32 Å². The van der Waals surface area contributed by atoms with Crippen LogP contribution in [0.4, 0.5) is 9.93 Å². The van der Waals surface area contributed by atoms with Gasteiger partial charge in [-0.05, 0) is 12.1 Å². The summed E-state index contributed by atoms with van der Waals surface area (Å²) in [4.78, 5) is 19.4. The fourth-order valence-corrected chi connectivity index (χ4v) is 1.62. The summed E-state index contributed by atoms with van der Waals surface area (Å²) < 4.78 is 0. The molecule has 82 valence electrons. The molecule has 0 saturated heterocycles. The molecule has 2 rings (SSSR count). The molecule has 0 aliphatic carbocycles. The molecule has 2 aromatic heterocycles. The summed E-state index contributed by atoms with van der Waals surface area (Å²) in [7, 11) is 0. The van der Waals surface area contributed by atoms with Crippen molar-refractivity contribution in [3.05, 3.63) is 41.7 Å². The van der Waals surface area contributed by atoms with Gasteiger partial charge in [-0.1, -0.05) is 6.07 Å². The molecule has 2 amide bonds. The van der Waals surface area contributed by atoms with Gasteiger partial charge in [0.05, 0.1) is 12.2 Å². The number of nitrogens with zero attached hydrogens (tertiary/aromatic N) is 2. The zero-order valence-electron chi connectivity index (χ0n) is 8.38. The van der Waals surface area contributed by atoms with Crippen LogP contribution in [0.25, 0.3) is 0 Å². The smallest absolute Gasteiger partial charge is 0.321 e. The van der Waals surface area contributed by atoms with Crippen LogP contribution < -0.4 is 10.6 Å². The van der Waals surface area contributed by atoms with Crippen molar-refractivity contribution in [2.24, 2.45) is 0 Å². The summed E-state index contributed by atoms with van der Waals surface area (Å²) in [6, 6.07) is 5.28. The van der Waals surface area contributed by atoms with Crippen molar-refractivity contribution in [1.29, 1.82) is 0 Å². The minimum absolute atomic E-state index is 0.277. The van der Waals surface area contributed by atoms with Gasteiger partial charge < -0.3 is 5.32 Å². The van der Waals surface area contributed by atoms with Crippen LogP contribution in [0.3, 0.4) is 0 Å². The molecule has 2 heterocycles. The predicted octanol–water partition coefficient (Wildman–Crippen LogP) is 1.86. The van der Waals surface area contributed by atoms with Crippen LogP contribution in [0.15, 0.2) is 36.0 Å². The summed E-state index contributed by atoms with van der Waals surface area (Å²) in [5, 5.41) is 7.70. The number of carbonyl (C=O) groups excluding carboxylic acids is 1. The number of nitrogens with one attached hydrogen (secondary N) is 2. The quantitative estimate of drug-likeness (QED) is 0.851. The van der Waals surface area contributed by atoms with E-state index in [-0.39, 0.29) is 6.03 Å². The molecule has 0 aliphatic heterocycles. The maximum Gasteiger partial charge on any atom is 0.321 e. The lowest BCUT2D eigenvalue weighted by Gasteiger charge is -2.04. The van der Waals surface area contributed by atoms with Gasteiger partial charge in [0, 0.05) is 17.8 Å². The van der Waals surface area contributed by atoms with Crippen LogP contribution in [0.1, 0.15) is 5.69 Å². The number of amides is 2. The van der Waals surface area contributed by atoms with Crippen LogP contribution in [-0.2, 0) is 6.54 Å². The number of hydrogen-bond acceptors (Lipinski definition) is 4. The molecule has 16 heavy (non-hydrogen) atoms. The molecule has 2 N–H and O–H groups in total. The Balaban J connectivity index is 1.80. The van der Waals surface area contributed by atoms with Crippen LogP contribution in [0.2, 0.25) is 0 Å². The van der Waals surface area contributed by atoms with E-state index >= 15 is 0 Å². The van der Waals surface area contributed by atoms with Gasteiger partial charge in [-0.25, -0.2) is 9.78 Å². The first-order valence-corrected chi connectivity index (χ1v) is 5.57. The van der Waals surface area contributed by atoms with Crippen LogP contribution in [-0.4, -0.2) is 16.0 Å². The highest BCUT2D eigenvalue weighted by Gasteiger charge is 2.02. The highest BCUT2D eigenvalue weighted by atomic mass is 32.1. The van der Waals surface area contributed by atoms with Gasteiger partial charge in [-0.2, -0.15) is 0 Å². The van der Waals surface area contributed by atoms with Gasteiger partial charge in [0.15, 0.2) is 5.13 Å². The Kier molecular flexibility index (Phi) is 3.45. The lowest BCUT2D eigenvalue weighted by Crippen LogP contribution is -2.28. The Hall–Kier alpha value is -1.95. The molecule has 0 radical (unpaired) electrons. The van der Waals surface area contributed by atoms with Crippen molar-refractivity contribution in [3.8, 4) is 0 Å². The first-order chi connectivity index (χ1) is 7.84. The average molecular weight is 234 g/mol. The van der Waals surface area contributed by atoms with E-state index in [9.17, 15) is 4.79 Å². The Morgan fingerprint density at radius 3 is 2.94 bits per heavy atom. The zero-order valence-corrected chi connectivity index (χ0v) is 9.20. The number of thiazole rings is 1. The maximum absolute atomic E-state index is 11.4. The summed E-state index contributed by atoms with van der Waals surface area (Å²) in [5.41, 5.74) is 0.816. The summed E-state index contributed by atoms with van der Waals surface area (Å²) in [6.07, 6.45) is 3.33. The number of carbonyl (C=O) groups is 1. The zero-order chi connectivity index (χ0) is 11.2. The standard InChI is InChI=1S/C10H10N4OS/c15-9(14-10-12-5-6-16-10)13-7-8-3-1-2-4-11-8/h1-6H,7H2,(H2,12,13,14,15). The molecule has 0 aliphatic rings. The van der Waals surface area contributed by atoms with Gasteiger partial charge in [0.25, 0.3) is 0 Å². The molecule has 0 spiro atoms. The normalized spacial score (nSPS) is 9.75. The van der Waals surface area contributed by atoms with E-state index in [1.807, 2.05) is 18.2 Å². The third-order valence-electron chi connectivity index (χ3n) is 1.81. The van der Waals surface area contributed by atoms with Gasteiger partial charge in [-0.15, -0.1) is 11.3 Å². The minimum Gasteiger partial charge on any atom is -0.332 e. The summed E-state index contributed by atoms with van der Waals surface area (Å²) in [5.74, 6) is 0. The largest absolute Gasteiger partial charge is 0.332 e. The van der Waals surface area contributed by atoms with Crippen LogP contribution in [0.5, 0.6) is 0 Å². The van der Waals surface area contributed by atoms with Gasteiger partial charge in [0.1, 0.15) is 0 Å². The van der Waals surface area contributed by atoms with Gasteiger partial charge >= 0.3 is 6.03 Å². The summed E-state index contributed by atoms with van der Waals surface area (Å²) in [6.45, 7) is 0.401. The second kappa shape index (κ2) is 5.22. The average Bonchev–Trinajstić information content (AvgIpc) is 2.81. The predicted molar refractivity (Wildman–Crippen MR) is 62.2 cm³/mol. The highest BCUT2D eigenvalue weighted by Crippen LogP contribution is 2.09. The second-order valence-corrected chi connectivity index (χ2v) is 3.86. The molecule has 0 aromatic carbocycles. The lowest BCUT2D eigenvalue weighted by atomic mass is 10.3. The first kappa shape index (κ1) is 10.6. The monoisotopic (exact) mass is 234 g/mol. The third kappa shape index (κ3) is 3.03. The summed E-state index contributed by atoms with van der Waals surface area (Å²) >= 11 is 1.37. The van der Waals surface area contributed by atoms with Crippen molar-refractivity contribution < 1.29 is 4.79 Å². The van der Waals surface area contributed by atoms with Crippen molar-refractivity contribution in [1.82, 2.24) is 15.3 Å². The Morgan fingerprint density at radius 1 is 1.31 bits per heavy atom. The number of aromatic nitrogens is 2. The van der Waals surface area contributed by atoms with E-state index < -0.39 is 0 Å². The van der Waals surface area contributed by atoms with E-state index in [4.69, 9.17) is 0 Å². The van der Waals surface area contributed by atoms with E-state index in [1.165, 1.54) is 11.3 Å². The van der Waals surface area contributed by atoms with Gasteiger partial charge in [0.2, 0.25) is 0 Å².